The molecule has 33 heavy (non-hydrogen) atoms. The molecule has 0 unspecified atom stereocenters. The van der Waals surface area contributed by atoms with Crippen molar-refractivity contribution in [1.29, 1.82) is 0 Å². The molecule has 10 heteroatoms. The van der Waals surface area contributed by atoms with Gasteiger partial charge in [-0.25, -0.2) is 14.8 Å². The maximum Gasteiger partial charge on any atom is 0.334 e. The van der Waals surface area contributed by atoms with Crippen molar-refractivity contribution in [3.63, 3.8) is 0 Å². The Morgan fingerprint density at radius 1 is 1.09 bits per heavy atom. The average Bonchev–Trinajstić information content (AvgIpc) is 2.80. The Bertz CT molecular complexity index is 904. The van der Waals surface area contributed by atoms with E-state index in [2.05, 4.69) is 5.32 Å². The van der Waals surface area contributed by atoms with Crippen LogP contribution in [0.25, 0.3) is 0 Å². The molecule has 1 saturated carbocycles. The number of fused-ring (bicyclic) bond motifs is 1. The monoisotopic (exact) mass is 457 g/mol. The van der Waals surface area contributed by atoms with Gasteiger partial charge in [0.15, 0.2) is 0 Å². The van der Waals surface area contributed by atoms with Crippen LogP contribution in [0.15, 0.2) is 30.3 Å². The zero-order valence-electron chi connectivity index (χ0n) is 18.9. The summed E-state index contributed by atoms with van der Waals surface area (Å²) in [6, 6.07) is 7.98. The highest BCUT2D eigenvalue weighted by Crippen LogP contribution is 2.32. The molecule has 178 valence electrons. The van der Waals surface area contributed by atoms with E-state index < -0.39 is 30.6 Å². The number of urea groups is 1. The summed E-state index contributed by atoms with van der Waals surface area (Å²) < 4.78 is 0. The minimum Gasteiger partial charge on any atom is -0.481 e. The van der Waals surface area contributed by atoms with E-state index in [0.29, 0.717) is 6.54 Å². The summed E-state index contributed by atoms with van der Waals surface area (Å²) in [6.45, 7) is 0.380. The predicted molar refractivity (Wildman–Crippen MR) is 118 cm³/mol. The van der Waals surface area contributed by atoms with Crippen molar-refractivity contribution in [2.45, 2.75) is 63.3 Å². The summed E-state index contributed by atoms with van der Waals surface area (Å²) in [6.07, 6.45) is 3.59. The molecular formula is C23H31N5O5. The molecule has 1 aromatic carbocycles. The Morgan fingerprint density at radius 3 is 2.45 bits per heavy atom. The van der Waals surface area contributed by atoms with E-state index >= 15 is 0 Å². The van der Waals surface area contributed by atoms with Crippen molar-refractivity contribution in [3.8, 4) is 0 Å². The summed E-state index contributed by atoms with van der Waals surface area (Å²) in [4.78, 5) is 54.2. The molecular weight excluding hydrogens is 426 g/mol. The molecule has 1 aliphatic carbocycles. The van der Waals surface area contributed by atoms with Gasteiger partial charge in [-0.3, -0.25) is 14.4 Å². The van der Waals surface area contributed by atoms with Gasteiger partial charge in [0.05, 0.1) is 19.5 Å². The molecule has 2 atom stereocenters. The van der Waals surface area contributed by atoms with Gasteiger partial charge < -0.3 is 20.2 Å². The smallest absolute Gasteiger partial charge is 0.334 e. The number of carbonyl (C=O) groups excluding carboxylic acids is 3. The van der Waals surface area contributed by atoms with E-state index in [0.717, 1.165) is 37.7 Å². The van der Waals surface area contributed by atoms with Crippen LogP contribution in [0.2, 0.25) is 0 Å². The first-order chi connectivity index (χ1) is 15.9. The lowest BCUT2D eigenvalue weighted by Crippen LogP contribution is -2.76. The largest absolute Gasteiger partial charge is 0.481 e. The maximum atomic E-state index is 13.4. The molecule has 0 radical (unpaired) electrons. The Morgan fingerprint density at radius 2 is 1.79 bits per heavy atom. The van der Waals surface area contributed by atoms with E-state index in [-0.39, 0.29) is 30.9 Å². The van der Waals surface area contributed by atoms with E-state index in [1.165, 1.54) is 9.91 Å². The van der Waals surface area contributed by atoms with Gasteiger partial charge in [-0.15, -0.1) is 0 Å². The first-order valence-corrected chi connectivity index (χ1v) is 11.5. The molecule has 4 amide bonds. The van der Waals surface area contributed by atoms with Crippen molar-refractivity contribution < 1.29 is 24.3 Å². The quantitative estimate of drug-likeness (QED) is 0.688. The molecule has 0 spiro atoms. The fourth-order valence-corrected chi connectivity index (χ4v) is 5.21. The molecule has 0 aromatic heterocycles. The van der Waals surface area contributed by atoms with Gasteiger partial charge in [-0.05, 0) is 18.4 Å². The summed E-state index contributed by atoms with van der Waals surface area (Å²) in [5.41, 5.74) is 0.935. The normalized spacial score (nSPS) is 24.6. The number of amides is 4. The van der Waals surface area contributed by atoms with Crippen molar-refractivity contribution in [3.05, 3.63) is 35.9 Å². The second kappa shape index (κ2) is 9.78. The van der Waals surface area contributed by atoms with Crippen LogP contribution in [0.4, 0.5) is 4.79 Å². The number of nitrogens with one attached hydrogen (secondary N) is 1. The van der Waals surface area contributed by atoms with Crippen LogP contribution >= 0.6 is 0 Å². The van der Waals surface area contributed by atoms with Crippen molar-refractivity contribution in [1.82, 2.24) is 25.1 Å². The summed E-state index contributed by atoms with van der Waals surface area (Å²) in [5, 5.41) is 15.4. The number of likely N-dealkylation sites (N-methyl/N-ethyl adjacent to an activating group) is 1. The number of carboxylic acid groups (broad SMARTS) is 1. The van der Waals surface area contributed by atoms with Gasteiger partial charge in [-0.2, -0.15) is 0 Å². The number of benzene rings is 1. The molecule has 2 heterocycles. The van der Waals surface area contributed by atoms with E-state index in [1.54, 1.807) is 17.0 Å². The highest BCUT2D eigenvalue weighted by molar-refractivity contribution is 5.93. The number of hydrazine groups is 1. The van der Waals surface area contributed by atoms with Crippen molar-refractivity contribution in [2.75, 3.05) is 20.1 Å². The van der Waals surface area contributed by atoms with Gasteiger partial charge in [0, 0.05) is 19.6 Å². The van der Waals surface area contributed by atoms with Crippen LogP contribution in [0, 0.1) is 0 Å². The van der Waals surface area contributed by atoms with E-state index in [1.807, 2.05) is 30.3 Å². The lowest BCUT2D eigenvalue weighted by molar-refractivity contribution is -0.191. The molecule has 3 aliphatic rings. The molecule has 4 rings (SSSR count). The number of carboxylic acids is 1. The third kappa shape index (κ3) is 4.80. The first kappa shape index (κ1) is 23.0. The third-order valence-corrected chi connectivity index (χ3v) is 6.77. The van der Waals surface area contributed by atoms with Gasteiger partial charge in [0.1, 0.15) is 12.2 Å². The molecule has 10 nitrogen and oxygen atoms in total. The zero-order valence-corrected chi connectivity index (χ0v) is 18.9. The first-order valence-electron chi connectivity index (χ1n) is 11.5. The van der Waals surface area contributed by atoms with Crippen molar-refractivity contribution >= 4 is 23.8 Å². The standard InChI is InChI=1S/C23H31N5O5/c1-25-15-20(29)27-18(12-21(30)31)22(32)26(17-10-6-3-7-11-17)14-19(27)28(25)23(33)24-13-16-8-4-2-5-9-16/h2,4-5,8-9,17-19H,3,6-7,10-15H2,1H3,(H,24,33)(H,30,31)/t18-,19-/m0/s1. The van der Waals surface area contributed by atoms with Crippen LogP contribution in [0.3, 0.4) is 0 Å². The Hall–Kier alpha value is -3.14. The zero-order chi connectivity index (χ0) is 23.5. The topological polar surface area (TPSA) is 114 Å². The summed E-state index contributed by atoms with van der Waals surface area (Å²) in [5.74, 6) is -1.83. The van der Waals surface area contributed by atoms with Gasteiger partial charge in [0.25, 0.3) is 0 Å². The van der Waals surface area contributed by atoms with Crippen LogP contribution in [0.5, 0.6) is 0 Å². The molecule has 0 bridgehead atoms. The minimum absolute atomic E-state index is 0.00117. The highest BCUT2D eigenvalue weighted by Gasteiger charge is 2.52. The van der Waals surface area contributed by atoms with Gasteiger partial charge >= 0.3 is 12.0 Å². The molecule has 2 aliphatic heterocycles. The number of rotatable bonds is 5. The van der Waals surface area contributed by atoms with E-state index in [9.17, 15) is 24.3 Å². The van der Waals surface area contributed by atoms with Crippen LogP contribution in [-0.4, -0.2) is 87.1 Å². The predicted octanol–water partition coefficient (Wildman–Crippen LogP) is 1.23. The molecule has 3 fully saturated rings. The highest BCUT2D eigenvalue weighted by atomic mass is 16.4. The van der Waals surface area contributed by atoms with Crippen LogP contribution in [-0.2, 0) is 20.9 Å². The summed E-state index contributed by atoms with van der Waals surface area (Å²) >= 11 is 0. The molecule has 2 saturated heterocycles. The SMILES string of the molecule is CN1CC(=O)N2[C@@H](CC(=O)O)C(=O)N(C3CCCCC3)C[C@@H]2N1C(=O)NCc1ccccc1. The number of aliphatic carboxylic acids is 1. The second-order valence-corrected chi connectivity index (χ2v) is 8.98. The van der Waals surface area contributed by atoms with Gasteiger partial charge in [-0.1, -0.05) is 49.6 Å². The van der Waals surface area contributed by atoms with Crippen LogP contribution in [0.1, 0.15) is 44.1 Å². The van der Waals surface area contributed by atoms with Gasteiger partial charge in [0.2, 0.25) is 11.8 Å². The number of hydrogen-bond donors (Lipinski definition) is 2. The number of carbonyl (C=O) groups is 4. The molecule has 2 N–H and O–H groups in total. The number of piperazine rings is 1. The lowest BCUT2D eigenvalue weighted by atomic mass is 9.92. The number of hydrogen-bond acceptors (Lipinski definition) is 5. The second-order valence-electron chi connectivity index (χ2n) is 8.98. The fourth-order valence-electron chi connectivity index (χ4n) is 5.21. The molecule has 1 aromatic rings. The Labute approximate surface area is 193 Å². The average molecular weight is 458 g/mol. The third-order valence-electron chi connectivity index (χ3n) is 6.77. The van der Waals surface area contributed by atoms with Crippen LogP contribution < -0.4 is 5.32 Å². The minimum atomic E-state index is -1.15. The number of nitrogens with zero attached hydrogens (tertiary/aromatic N) is 4. The fraction of sp³-hybridized carbons (Fsp3) is 0.565. The van der Waals surface area contributed by atoms with E-state index in [4.69, 9.17) is 0 Å². The Balaban J connectivity index is 1.61. The van der Waals surface area contributed by atoms with Crippen molar-refractivity contribution in [2.24, 2.45) is 0 Å². The summed E-state index contributed by atoms with van der Waals surface area (Å²) in [7, 11) is 1.66. The maximum absolute atomic E-state index is 13.4. The lowest BCUT2D eigenvalue weighted by Gasteiger charge is -2.55. The Kier molecular flexibility index (Phi) is 6.83.